The topological polar surface area (TPSA) is 111 Å². The highest BCUT2D eigenvalue weighted by atomic mass is 16.6. The van der Waals surface area contributed by atoms with Crippen molar-refractivity contribution in [2.75, 3.05) is 20.3 Å². The van der Waals surface area contributed by atoms with Gasteiger partial charge in [0.05, 0.1) is 29.7 Å². The van der Waals surface area contributed by atoms with E-state index in [9.17, 15) is 19.7 Å². The number of nitro groups is 1. The molecule has 1 unspecified atom stereocenters. The lowest BCUT2D eigenvalue weighted by molar-refractivity contribution is -0.384. The standard InChI is InChI=1S/C22H23N3O6/c1-15-19(21(26)31-13-12-30-2)20(17-8-10-18(11-9-17)25(28)29)23-22(27)24(15)14-16-6-4-3-5-7-16/h3-11,20H,12-14H2,1-2H3,(H,23,27). The number of methoxy groups -OCH3 is 1. The number of benzene rings is 2. The van der Waals surface area contributed by atoms with Crippen LogP contribution in [0.2, 0.25) is 0 Å². The lowest BCUT2D eigenvalue weighted by atomic mass is 9.94. The van der Waals surface area contributed by atoms with Gasteiger partial charge in [0, 0.05) is 24.9 Å². The molecular formula is C22H23N3O6. The average molecular weight is 425 g/mol. The van der Waals surface area contributed by atoms with Crippen LogP contribution in [0.4, 0.5) is 10.5 Å². The molecule has 0 spiro atoms. The molecule has 1 aliphatic heterocycles. The fraction of sp³-hybridized carbons (Fsp3) is 0.273. The Morgan fingerprint density at radius 1 is 1.13 bits per heavy atom. The Labute approximate surface area is 179 Å². The Bertz CT molecular complexity index is 988. The van der Waals surface area contributed by atoms with Gasteiger partial charge in [-0.15, -0.1) is 0 Å². The van der Waals surface area contributed by atoms with Crippen LogP contribution in [-0.2, 0) is 20.8 Å². The maximum absolute atomic E-state index is 12.9. The van der Waals surface area contributed by atoms with E-state index in [2.05, 4.69) is 5.32 Å². The molecule has 0 radical (unpaired) electrons. The highest BCUT2D eigenvalue weighted by Crippen LogP contribution is 2.33. The average Bonchev–Trinajstić information content (AvgIpc) is 2.77. The number of carbonyl (C=O) groups excluding carboxylic acids is 2. The van der Waals surface area contributed by atoms with Gasteiger partial charge in [0.25, 0.3) is 5.69 Å². The zero-order valence-corrected chi connectivity index (χ0v) is 17.2. The van der Waals surface area contributed by atoms with Gasteiger partial charge >= 0.3 is 12.0 Å². The third-order valence-electron chi connectivity index (χ3n) is 4.96. The van der Waals surface area contributed by atoms with Crippen molar-refractivity contribution in [2.45, 2.75) is 19.5 Å². The van der Waals surface area contributed by atoms with E-state index in [1.165, 1.54) is 36.3 Å². The molecule has 3 rings (SSSR count). The fourth-order valence-corrected chi connectivity index (χ4v) is 3.34. The number of esters is 1. The molecule has 31 heavy (non-hydrogen) atoms. The van der Waals surface area contributed by atoms with Crippen LogP contribution in [0.25, 0.3) is 0 Å². The number of allylic oxidation sites excluding steroid dienone is 1. The van der Waals surface area contributed by atoms with Crippen LogP contribution < -0.4 is 5.32 Å². The maximum Gasteiger partial charge on any atom is 0.338 e. The molecule has 1 atom stereocenters. The summed E-state index contributed by atoms with van der Waals surface area (Å²) in [6, 6.07) is 13.9. The molecule has 2 aromatic rings. The van der Waals surface area contributed by atoms with Gasteiger partial charge in [-0.05, 0) is 30.2 Å². The Morgan fingerprint density at radius 2 is 1.81 bits per heavy atom. The van der Waals surface area contributed by atoms with Crippen molar-refractivity contribution in [1.82, 2.24) is 10.2 Å². The van der Waals surface area contributed by atoms with Crippen LogP contribution in [-0.4, -0.2) is 42.1 Å². The quantitative estimate of drug-likeness (QED) is 0.301. The first kappa shape index (κ1) is 22.0. The molecular weight excluding hydrogens is 402 g/mol. The normalized spacial score (nSPS) is 16.1. The maximum atomic E-state index is 12.9. The summed E-state index contributed by atoms with van der Waals surface area (Å²) in [6.07, 6.45) is 0. The molecule has 0 bridgehead atoms. The van der Waals surface area contributed by atoms with Crippen molar-refractivity contribution < 1.29 is 24.0 Å². The molecule has 0 fully saturated rings. The van der Waals surface area contributed by atoms with E-state index >= 15 is 0 Å². The minimum absolute atomic E-state index is 0.0612. The number of hydrogen-bond acceptors (Lipinski definition) is 6. The Kier molecular flexibility index (Phi) is 6.99. The smallest absolute Gasteiger partial charge is 0.338 e. The minimum atomic E-state index is -0.796. The molecule has 2 amide bonds. The van der Waals surface area contributed by atoms with Crippen molar-refractivity contribution in [2.24, 2.45) is 0 Å². The summed E-state index contributed by atoms with van der Waals surface area (Å²) < 4.78 is 10.3. The number of nitro benzene ring substituents is 1. The zero-order chi connectivity index (χ0) is 22.4. The number of urea groups is 1. The van der Waals surface area contributed by atoms with Crippen LogP contribution in [0.1, 0.15) is 24.1 Å². The summed E-state index contributed by atoms with van der Waals surface area (Å²) in [5.41, 5.74) is 2.08. The van der Waals surface area contributed by atoms with Crippen LogP contribution in [0, 0.1) is 10.1 Å². The summed E-state index contributed by atoms with van der Waals surface area (Å²) >= 11 is 0. The molecule has 9 nitrogen and oxygen atoms in total. The predicted octanol–water partition coefficient (Wildman–Crippen LogP) is 3.32. The van der Waals surface area contributed by atoms with Gasteiger partial charge in [-0.25, -0.2) is 9.59 Å². The molecule has 0 aromatic heterocycles. The molecule has 0 aliphatic carbocycles. The second kappa shape index (κ2) is 9.86. The van der Waals surface area contributed by atoms with E-state index in [-0.39, 0.29) is 37.1 Å². The molecule has 1 N–H and O–H groups in total. The van der Waals surface area contributed by atoms with Gasteiger partial charge in [-0.3, -0.25) is 15.0 Å². The lowest BCUT2D eigenvalue weighted by Crippen LogP contribution is -2.47. The highest BCUT2D eigenvalue weighted by molar-refractivity contribution is 5.95. The molecule has 9 heteroatoms. The van der Waals surface area contributed by atoms with Gasteiger partial charge in [-0.2, -0.15) is 0 Å². The van der Waals surface area contributed by atoms with Crippen LogP contribution in [0.3, 0.4) is 0 Å². The number of carbonyl (C=O) groups is 2. The zero-order valence-electron chi connectivity index (χ0n) is 17.2. The Morgan fingerprint density at radius 3 is 2.42 bits per heavy atom. The largest absolute Gasteiger partial charge is 0.460 e. The fourth-order valence-electron chi connectivity index (χ4n) is 3.34. The Balaban J connectivity index is 1.98. The summed E-state index contributed by atoms with van der Waals surface area (Å²) in [6.45, 7) is 2.26. The van der Waals surface area contributed by atoms with Gasteiger partial charge in [0.2, 0.25) is 0 Å². The number of rotatable bonds is 8. The van der Waals surface area contributed by atoms with Gasteiger partial charge in [0.15, 0.2) is 0 Å². The summed E-state index contributed by atoms with van der Waals surface area (Å²) in [5.74, 6) is -0.587. The number of amides is 2. The third kappa shape index (κ3) is 5.07. The molecule has 1 heterocycles. The molecule has 2 aromatic carbocycles. The van der Waals surface area contributed by atoms with Gasteiger partial charge in [0.1, 0.15) is 6.61 Å². The number of hydrogen-bond donors (Lipinski definition) is 1. The van der Waals surface area contributed by atoms with Crippen LogP contribution in [0.15, 0.2) is 65.9 Å². The van der Waals surface area contributed by atoms with Crippen molar-refractivity contribution in [1.29, 1.82) is 0 Å². The number of nitrogens with zero attached hydrogens (tertiary/aromatic N) is 2. The van der Waals surface area contributed by atoms with Crippen molar-refractivity contribution in [3.8, 4) is 0 Å². The van der Waals surface area contributed by atoms with Crippen molar-refractivity contribution >= 4 is 17.7 Å². The Hall–Kier alpha value is -3.72. The first-order valence-corrected chi connectivity index (χ1v) is 9.65. The number of ether oxygens (including phenoxy) is 2. The summed E-state index contributed by atoms with van der Waals surface area (Å²) in [5, 5.41) is 13.8. The lowest BCUT2D eigenvalue weighted by Gasteiger charge is -2.35. The monoisotopic (exact) mass is 425 g/mol. The molecule has 1 aliphatic rings. The van der Waals surface area contributed by atoms with E-state index in [0.717, 1.165) is 5.56 Å². The number of non-ortho nitro benzene ring substituents is 1. The first-order chi connectivity index (χ1) is 14.9. The van der Waals surface area contributed by atoms with Crippen LogP contribution in [0.5, 0.6) is 0 Å². The van der Waals surface area contributed by atoms with E-state index in [4.69, 9.17) is 9.47 Å². The van der Waals surface area contributed by atoms with Gasteiger partial charge in [-0.1, -0.05) is 30.3 Å². The third-order valence-corrected chi connectivity index (χ3v) is 4.96. The minimum Gasteiger partial charge on any atom is -0.460 e. The van der Waals surface area contributed by atoms with E-state index < -0.39 is 16.9 Å². The van der Waals surface area contributed by atoms with Crippen molar-refractivity contribution in [3.63, 3.8) is 0 Å². The van der Waals surface area contributed by atoms with E-state index in [1.807, 2.05) is 30.3 Å². The van der Waals surface area contributed by atoms with E-state index in [0.29, 0.717) is 11.3 Å². The van der Waals surface area contributed by atoms with Crippen LogP contribution >= 0.6 is 0 Å². The van der Waals surface area contributed by atoms with Crippen molar-refractivity contribution in [3.05, 3.63) is 87.1 Å². The second-order valence-corrected chi connectivity index (χ2v) is 6.93. The summed E-state index contributed by atoms with van der Waals surface area (Å²) in [7, 11) is 1.50. The molecule has 0 saturated heterocycles. The van der Waals surface area contributed by atoms with Gasteiger partial charge < -0.3 is 14.8 Å². The van der Waals surface area contributed by atoms with E-state index in [1.54, 1.807) is 6.92 Å². The second-order valence-electron chi connectivity index (χ2n) is 6.93. The highest BCUT2D eigenvalue weighted by Gasteiger charge is 2.36. The number of nitrogens with one attached hydrogen (secondary N) is 1. The summed E-state index contributed by atoms with van der Waals surface area (Å²) in [4.78, 5) is 37.8. The molecule has 162 valence electrons. The molecule has 0 saturated carbocycles. The SMILES string of the molecule is COCCOC(=O)C1=C(C)N(Cc2ccccc2)C(=O)NC1c1ccc([N+](=O)[O-])cc1. The predicted molar refractivity (Wildman–Crippen MR) is 112 cm³/mol. The first-order valence-electron chi connectivity index (χ1n) is 9.65.